The van der Waals surface area contributed by atoms with Crippen molar-refractivity contribution in [2.75, 3.05) is 0 Å². The van der Waals surface area contributed by atoms with Gasteiger partial charge in [-0.1, -0.05) is 18.6 Å². The number of nitrogens with zero attached hydrogens (tertiary/aromatic N) is 1. The number of halogens is 1. The third kappa shape index (κ3) is 3.19. The summed E-state index contributed by atoms with van der Waals surface area (Å²) in [5.74, 6) is 0.617. The van der Waals surface area contributed by atoms with Crippen molar-refractivity contribution in [3.63, 3.8) is 0 Å². The fourth-order valence-corrected chi connectivity index (χ4v) is 2.86. The Balaban J connectivity index is 1.88. The summed E-state index contributed by atoms with van der Waals surface area (Å²) in [6.45, 7) is 0. The zero-order valence-electron chi connectivity index (χ0n) is 9.64. The molecule has 1 fully saturated rings. The molecular formula is C13H16ClNO2. The Morgan fingerprint density at radius 3 is 2.53 bits per heavy atom. The van der Waals surface area contributed by atoms with Gasteiger partial charge in [-0.3, -0.25) is 10.1 Å². The zero-order valence-corrected chi connectivity index (χ0v) is 10.4. The SMILES string of the molecule is O=[N+]([O-])c1ccc(CCC2CCCC2Cl)cc1. The molecule has 0 N–H and O–H groups in total. The molecule has 0 spiro atoms. The van der Waals surface area contributed by atoms with E-state index >= 15 is 0 Å². The van der Waals surface area contributed by atoms with E-state index in [1.54, 1.807) is 12.1 Å². The molecule has 0 bridgehead atoms. The first-order valence-corrected chi connectivity index (χ1v) is 6.48. The third-order valence-corrected chi connectivity index (χ3v) is 4.09. The van der Waals surface area contributed by atoms with Gasteiger partial charge in [0.05, 0.1) is 4.92 Å². The predicted octanol–water partition coefficient (Wildman–Crippen LogP) is 3.93. The molecule has 1 aliphatic rings. The molecule has 92 valence electrons. The van der Waals surface area contributed by atoms with Crippen LogP contribution in [0.1, 0.15) is 31.2 Å². The lowest BCUT2D eigenvalue weighted by molar-refractivity contribution is -0.384. The summed E-state index contributed by atoms with van der Waals surface area (Å²) in [7, 11) is 0. The lowest BCUT2D eigenvalue weighted by atomic mass is 9.98. The van der Waals surface area contributed by atoms with Crippen molar-refractivity contribution < 1.29 is 4.92 Å². The minimum atomic E-state index is -0.366. The minimum absolute atomic E-state index is 0.157. The van der Waals surface area contributed by atoms with Crippen LogP contribution in [0.25, 0.3) is 0 Å². The van der Waals surface area contributed by atoms with E-state index in [-0.39, 0.29) is 10.6 Å². The molecule has 2 rings (SSSR count). The lowest BCUT2D eigenvalue weighted by Crippen LogP contribution is -2.07. The summed E-state index contributed by atoms with van der Waals surface area (Å²) < 4.78 is 0. The van der Waals surface area contributed by atoms with Crippen LogP contribution in [-0.2, 0) is 6.42 Å². The molecule has 4 heteroatoms. The Labute approximate surface area is 106 Å². The van der Waals surface area contributed by atoms with Crippen LogP contribution in [0.5, 0.6) is 0 Å². The summed E-state index contributed by atoms with van der Waals surface area (Å²) >= 11 is 6.22. The second-order valence-electron chi connectivity index (χ2n) is 4.67. The van der Waals surface area contributed by atoms with Gasteiger partial charge in [0.2, 0.25) is 0 Å². The van der Waals surface area contributed by atoms with Gasteiger partial charge in [-0.15, -0.1) is 11.6 Å². The van der Waals surface area contributed by atoms with Crippen LogP contribution in [0.2, 0.25) is 0 Å². The molecule has 0 amide bonds. The van der Waals surface area contributed by atoms with E-state index in [1.807, 2.05) is 12.1 Å². The van der Waals surface area contributed by atoms with Crippen molar-refractivity contribution >= 4 is 17.3 Å². The normalized spacial score (nSPS) is 23.8. The van der Waals surface area contributed by atoms with E-state index in [0.29, 0.717) is 11.3 Å². The van der Waals surface area contributed by atoms with Gasteiger partial charge >= 0.3 is 0 Å². The number of rotatable bonds is 4. The Morgan fingerprint density at radius 1 is 1.29 bits per heavy atom. The summed E-state index contributed by atoms with van der Waals surface area (Å²) in [6, 6.07) is 6.83. The van der Waals surface area contributed by atoms with Crippen molar-refractivity contribution in [2.45, 2.75) is 37.5 Å². The second-order valence-corrected chi connectivity index (χ2v) is 5.23. The first kappa shape index (κ1) is 12.4. The number of hydrogen-bond acceptors (Lipinski definition) is 2. The maximum Gasteiger partial charge on any atom is 0.269 e. The van der Waals surface area contributed by atoms with Crippen molar-refractivity contribution in [1.82, 2.24) is 0 Å². The summed E-state index contributed by atoms with van der Waals surface area (Å²) in [5.41, 5.74) is 1.32. The first-order valence-electron chi connectivity index (χ1n) is 6.04. The number of nitro groups is 1. The number of hydrogen-bond donors (Lipinski definition) is 0. The van der Waals surface area contributed by atoms with Crippen molar-refractivity contribution in [1.29, 1.82) is 0 Å². The van der Waals surface area contributed by atoms with Crippen LogP contribution in [0, 0.1) is 16.0 Å². The monoisotopic (exact) mass is 253 g/mol. The molecule has 0 aromatic heterocycles. The van der Waals surface area contributed by atoms with Gasteiger partial charge in [-0.05, 0) is 37.2 Å². The molecule has 17 heavy (non-hydrogen) atoms. The molecule has 0 saturated heterocycles. The topological polar surface area (TPSA) is 43.1 Å². The Hall–Kier alpha value is -1.09. The van der Waals surface area contributed by atoms with E-state index in [1.165, 1.54) is 12.8 Å². The first-order chi connectivity index (χ1) is 8.16. The fraction of sp³-hybridized carbons (Fsp3) is 0.538. The quantitative estimate of drug-likeness (QED) is 0.463. The number of benzene rings is 1. The highest BCUT2D eigenvalue weighted by Crippen LogP contribution is 2.33. The minimum Gasteiger partial charge on any atom is -0.258 e. The van der Waals surface area contributed by atoms with Crippen molar-refractivity contribution in [3.05, 3.63) is 39.9 Å². The smallest absolute Gasteiger partial charge is 0.258 e. The molecular weight excluding hydrogens is 238 g/mol. The predicted molar refractivity (Wildman–Crippen MR) is 68.4 cm³/mol. The number of non-ortho nitro benzene ring substituents is 1. The van der Waals surface area contributed by atoms with E-state index in [9.17, 15) is 10.1 Å². The van der Waals surface area contributed by atoms with E-state index in [2.05, 4.69) is 0 Å². The van der Waals surface area contributed by atoms with E-state index in [4.69, 9.17) is 11.6 Å². The van der Waals surface area contributed by atoms with Crippen LogP contribution in [0.15, 0.2) is 24.3 Å². The number of aryl methyl sites for hydroxylation is 1. The Morgan fingerprint density at radius 2 is 2.00 bits per heavy atom. The average Bonchev–Trinajstić information content (AvgIpc) is 2.73. The zero-order chi connectivity index (χ0) is 12.3. The van der Waals surface area contributed by atoms with Gasteiger partial charge < -0.3 is 0 Å². The molecule has 1 aromatic rings. The third-order valence-electron chi connectivity index (χ3n) is 3.52. The molecule has 0 radical (unpaired) electrons. The maximum atomic E-state index is 10.5. The lowest BCUT2D eigenvalue weighted by Gasteiger charge is -2.12. The number of alkyl halides is 1. The van der Waals surface area contributed by atoms with Crippen LogP contribution in [0.3, 0.4) is 0 Å². The van der Waals surface area contributed by atoms with Gasteiger partial charge in [-0.2, -0.15) is 0 Å². The Bertz CT molecular complexity index is 391. The molecule has 0 aliphatic heterocycles. The van der Waals surface area contributed by atoms with Crippen LogP contribution in [-0.4, -0.2) is 10.3 Å². The van der Waals surface area contributed by atoms with Gasteiger partial charge in [-0.25, -0.2) is 0 Å². The summed E-state index contributed by atoms with van der Waals surface area (Å²) in [4.78, 5) is 10.1. The summed E-state index contributed by atoms with van der Waals surface area (Å²) in [6.07, 6.45) is 5.64. The molecule has 1 aromatic carbocycles. The van der Waals surface area contributed by atoms with Gasteiger partial charge in [0.25, 0.3) is 5.69 Å². The number of nitro benzene ring substituents is 1. The second kappa shape index (κ2) is 5.50. The standard InChI is InChI=1S/C13H16ClNO2/c14-13-3-1-2-11(13)7-4-10-5-8-12(9-6-10)15(16)17/h5-6,8-9,11,13H,1-4,7H2. The molecule has 1 saturated carbocycles. The molecule has 2 unspecified atom stereocenters. The fourth-order valence-electron chi connectivity index (χ4n) is 2.45. The highest BCUT2D eigenvalue weighted by molar-refractivity contribution is 6.20. The maximum absolute atomic E-state index is 10.5. The average molecular weight is 254 g/mol. The van der Waals surface area contributed by atoms with E-state index < -0.39 is 0 Å². The van der Waals surface area contributed by atoms with Gasteiger partial charge in [0, 0.05) is 17.5 Å². The Kier molecular flexibility index (Phi) is 4.00. The highest BCUT2D eigenvalue weighted by Gasteiger charge is 2.24. The van der Waals surface area contributed by atoms with Crippen LogP contribution in [0.4, 0.5) is 5.69 Å². The molecule has 2 atom stereocenters. The molecule has 1 aliphatic carbocycles. The molecule has 0 heterocycles. The largest absolute Gasteiger partial charge is 0.269 e. The van der Waals surface area contributed by atoms with E-state index in [0.717, 1.165) is 24.8 Å². The van der Waals surface area contributed by atoms with Crippen molar-refractivity contribution in [2.24, 2.45) is 5.92 Å². The van der Waals surface area contributed by atoms with Crippen LogP contribution < -0.4 is 0 Å². The highest BCUT2D eigenvalue weighted by atomic mass is 35.5. The van der Waals surface area contributed by atoms with Gasteiger partial charge in [0.15, 0.2) is 0 Å². The molecule has 3 nitrogen and oxygen atoms in total. The summed E-state index contributed by atoms with van der Waals surface area (Å²) in [5, 5.41) is 10.8. The van der Waals surface area contributed by atoms with Crippen LogP contribution >= 0.6 is 11.6 Å². The van der Waals surface area contributed by atoms with Crippen molar-refractivity contribution in [3.8, 4) is 0 Å². The van der Waals surface area contributed by atoms with Gasteiger partial charge in [0.1, 0.15) is 0 Å².